The zero-order valence-electron chi connectivity index (χ0n) is 12.2. The van der Waals surface area contributed by atoms with Crippen molar-refractivity contribution in [3.8, 4) is 0 Å². The quantitative estimate of drug-likeness (QED) is 0.743. The predicted molar refractivity (Wildman–Crippen MR) is 88.9 cm³/mol. The Morgan fingerprint density at radius 2 is 2.00 bits per heavy atom. The summed E-state index contributed by atoms with van der Waals surface area (Å²) in [4.78, 5) is 1.54. The van der Waals surface area contributed by atoms with Crippen LogP contribution in [0.2, 0.25) is 0 Å². The van der Waals surface area contributed by atoms with Crippen molar-refractivity contribution in [2.45, 2.75) is 52.4 Å². The Hall–Kier alpha value is 0.140. The van der Waals surface area contributed by atoms with Gasteiger partial charge in [0.05, 0.1) is 3.79 Å². The zero-order valence-corrected chi connectivity index (χ0v) is 14.6. The van der Waals surface area contributed by atoms with Gasteiger partial charge in [0, 0.05) is 11.4 Å². The molecule has 19 heavy (non-hydrogen) atoms. The summed E-state index contributed by atoms with van der Waals surface area (Å²) in [7, 11) is 0. The first-order valence-electron chi connectivity index (χ1n) is 7.55. The molecule has 1 aliphatic carbocycles. The molecule has 0 saturated heterocycles. The topological polar surface area (TPSA) is 12.0 Å². The van der Waals surface area contributed by atoms with Crippen LogP contribution >= 0.6 is 27.3 Å². The van der Waals surface area contributed by atoms with Gasteiger partial charge in [0.15, 0.2) is 0 Å². The summed E-state index contributed by atoms with van der Waals surface area (Å²) in [6.07, 6.45) is 8.31. The molecule has 0 aliphatic heterocycles. The summed E-state index contributed by atoms with van der Waals surface area (Å²) in [6.45, 7) is 6.92. The van der Waals surface area contributed by atoms with Crippen LogP contribution in [0.25, 0.3) is 0 Å². The van der Waals surface area contributed by atoms with Crippen molar-refractivity contribution >= 4 is 27.3 Å². The van der Waals surface area contributed by atoms with Gasteiger partial charge in [-0.2, -0.15) is 0 Å². The Labute approximate surface area is 130 Å². The minimum absolute atomic E-state index is 0.511. The summed E-state index contributed by atoms with van der Waals surface area (Å²) in [5, 5.41) is 3.72. The molecule has 0 atom stereocenters. The van der Waals surface area contributed by atoms with Crippen LogP contribution in [-0.2, 0) is 6.42 Å². The predicted octanol–water partition coefficient (Wildman–Crippen LogP) is 5.25. The van der Waals surface area contributed by atoms with Crippen molar-refractivity contribution in [3.63, 3.8) is 0 Å². The van der Waals surface area contributed by atoms with E-state index < -0.39 is 0 Å². The molecule has 0 unspecified atom stereocenters. The van der Waals surface area contributed by atoms with E-state index in [-0.39, 0.29) is 0 Å². The fourth-order valence-corrected chi connectivity index (χ4v) is 4.82. The fourth-order valence-electron chi connectivity index (χ4n) is 3.16. The van der Waals surface area contributed by atoms with Crippen LogP contribution in [0, 0.1) is 11.3 Å². The van der Waals surface area contributed by atoms with E-state index >= 15 is 0 Å². The van der Waals surface area contributed by atoms with Gasteiger partial charge in [-0.05, 0) is 65.2 Å². The van der Waals surface area contributed by atoms with Gasteiger partial charge >= 0.3 is 0 Å². The third-order valence-corrected chi connectivity index (χ3v) is 5.77. The van der Waals surface area contributed by atoms with Crippen molar-refractivity contribution in [1.29, 1.82) is 0 Å². The molecule has 1 aliphatic rings. The van der Waals surface area contributed by atoms with E-state index in [2.05, 4.69) is 47.2 Å². The van der Waals surface area contributed by atoms with Gasteiger partial charge in [-0.3, -0.25) is 0 Å². The lowest BCUT2D eigenvalue weighted by Crippen LogP contribution is -2.39. The largest absolute Gasteiger partial charge is 0.316 e. The lowest BCUT2D eigenvalue weighted by atomic mass is 9.71. The van der Waals surface area contributed by atoms with Crippen LogP contribution in [-0.4, -0.2) is 13.1 Å². The minimum Gasteiger partial charge on any atom is -0.316 e. The number of rotatable bonds is 6. The van der Waals surface area contributed by atoms with Gasteiger partial charge in [0.2, 0.25) is 0 Å². The minimum atomic E-state index is 0.511. The summed E-state index contributed by atoms with van der Waals surface area (Å²) in [5.74, 6) is 0.747. The normalized spacial score (nSPS) is 18.9. The summed E-state index contributed by atoms with van der Waals surface area (Å²) < 4.78 is 1.27. The van der Waals surface area contributed by atoms with Crippen LogP contribution in [0.5, 0.6) is 0 Å². The molecule has 0 bridgehead atoms. The van der Waals surface area contributed by atoms with Crippen molar-refractivity contribution in [2.24, 2.45) is 11.3 Å². The maximum atomic E-state index is 3.72. The summed E-state index contributed by atoms with van der Waals surface area (Å²) in [6, 6.07) is 4.49. The van der Waals surface area contributed by atoms with Crippen molar-refractivity contribution in [3.05, 3.63) is 20.8 Å². The van der Waals surface area contributed by atoms with E-state index in [1.54, 1.807) is 4.88 Å². The molecular formula is C16H26BrNS. The molecule has 0 aromatic carbocycles. The number of nitrogens with one attached hydrogen (secondary N) is 1. The van der Waals surface area contributed by atoms with Crippen molar-refractivity contribution in [2.75, 3.05) is 13.1 Å². The average Bonchev–Trinajstić information content (AvgIpc) is 2.75. The van der Waals surface area contributed by atoms with E-state index in [1.165, 1.54) is 48.9 Å². The summed E-state index contributed by atoms with van der Waals surface area (Å²) in [5.41, 5.74) is 0.511. The van der Waals surface area contributed by atoms with Crippen LogP contribution in [0.1, 0.15) is 50.8 Å². The Balaban J connectivity index is 1.97. The number of hydrogen-bond donors (Lipinski definition) is 1. The second-order valence-corrected chi connectivity index (χ2v) is 9.02. The van der Waals surface area contributed by atoms with Crippen LogP contribution in [0.15, 0.2) is 15.9 Å². The van der Waals surface area contributed by atoms with Crippen LogP contribution in [0.3, 0.4) is 0 Å². The molecule has 1 N–H and O–H groups in total. The molecule has 2 rings (SSSR count). The maximum absolute atomic E-state index is 3.72. The van der Waals surface area contributed by atoms with E-state index in [0.717, 1.165) is 12.5 Å². The van der Waals surface area contributed by atoms with Crippen LogP contribution in [0.4, 0.5) is 0 Å². The van der Waals surface area contributed by atoms with Gasteiger partial charge in [-0.1, -0.05) is 33.1 Å². The van der Waals surface area contributed by atoms with E-state index in [9.17, 15) is 0 Å². The van der Waals surface area contributed by atoms with Gasteiger partial charge in [0.1, 0.15) is 0 Å². The second-order valence-electron chi connectivity index (χ2n) is 6.47. The third-order valence-electron chi connectivity index (χ3n) is 4.14. The first-order valence-corrected chi connectivity index (χ1v) is 9.16. The molecule has 1 aromatic heterocycles. The van der Waals surface area contributed by atoms with Gasteiger partial charge in [-0.25, -0.2) is 0 Å². The molecular weight excluding hydrogens is 318 g/mol. The second kappa shape index (κ2) is 7.24. The molecule has 1 heterocycles. The SMILES string of the molecule is CC(C)CNCC1(Cc2ccc(Br)s2)CCCCC1. The Morgan fingerprint density at radius 1 is 1.26 bits per heavy atom. The summed E-state index contributed by atoms with van der Waals surface area (Å²) >= 11 is 5.50. The molecule has 1 nitrogen and oxygen atoms in total. The molecule has 1 fully saturated rings. The number of halogens is 1. The zero-order chi connectivity index (χ0) is 13.7. The molecule has 3 heteroatoms. The molecule has 1 saturated carbocycles. The first-order chi connectivity index (χ1) is 9.10. The van der Waals surface area contributed by atoms with Gasteiger partial charge in [-0.15, -0.1) is 11.3 Å². The highest BCUT2D eigenvalue weighted by molar-refractivity contribution is 9.11. The number of thiophene rings is 1. The van der Waals surface area contributed by atoms with Gasteiger partial charge in [0.25, 0.3) is 0 Å². The van der Waals surface area contributed by atoms with E-state index in [4.69, 9.17) is 0 Å². The van der Waals surface area contributed by atoms with Crippen LogP contribution < -0.4 is 5.32 Å². The van der Waals surface area contributed by atoms with Crippen molar-refractivity contribution < 1.29 is 0 Å². The molecule has 0 spiro atoms. The highest BCUT2D eigenvalue weighted by Crippen LogP contribution is 2.40. The monoisotopic (exact) mass is 343 g/mol. The third kappa shape index (κ3) is 4.87. The lowest BCUT2D eigenvalue weighted by Gasteiger charge is -2.37. The smallest absolute Gasteiger partial charge is 0.0701 e. The van der Waals surface area contributed by atoms with E-state index in [0.29, 0.717) is 5.41 Å². The highest BCUT2D eigenvalue weighted by Gasteiger charge is 2.32. The van der Waals surface area contributed by atoms with Gasteiger partial charge < -0.3 is 5.32 Å². The molecule has 0 radical (unpaired) electrons. The molecule has 0 amide bonds. The molecule has 1 aromatic rings. The number of hydrogen-bond acceptors (Lipinski definition) is 2. The maximum Gasteiger partial charge on any atom is 0.0701 e. The average molecular weight is 344 g/mol. The Bertz CT molecular complexity index is 380. The fraction of sp³-hybridized carbons (Fsp3) is 0.750. The highest BCUT2D eigenvalue weighted by atomic mass is 79.9. The van der Waals surface area contributed by atoms with E-state index in [1.807, 2.05) is 11.3 Å². The standard InChI is InChI=1S/C16H26BrNS/c1-13(2)11-18-12-16(8-4-3-5-9-16)10-14-6-7-15(17)19-14/h6-7,13,18H,3-5,8-12H2,1-2H3. The van der Waals surface area contributed by atoms with Crippen molar-refractivity contribution in [1.82, 2.24) is 5.32 Å². The Kier molecular flexibility index (Phi) is 5.91. The molecule has 108 valence electrons. The lowest BCUT2D eigenvalue weighted by molar-refractivity contribution is 0.180. The Morgan fingerprint density at radius 3 is 2.58 bits per heavy atom. The first kappa shape index (κ1) is 15.5.